The molecule has 0 aliphatic carbocycles. The Morgan fingerprint density at radius 1 is 1.58 bits per heavy atom. The topological polar surface area (TPSA) is 53.2 Å². The Morgan fingerprint density at radius 3 is 2.92 bits per heavy atom. The van der Waals surface area contributed by atoms with Gasteiger partial charge in [0, 0.05) is 11.9 Å². The first-order valence-corrected chi connectivity index (χ1v) is 3.54. The molecule has 0 unspecified atom stereocenters. The van der Waals surface area contributed by atoms with E-state index in [0.29, 0.717) is 11.0 Å². The minimum Gasteiger partial charge on any atom is -0.422 e. The van der Waals surface area contributed by atoms with E-state index in [1.165, 1.54) is 6.07 Å². The van der Waals surface area contributed by atoms with Crippen LogP contribution in [0.4, 0.5) is 0 Å². The third-order valence-corrected chi connectivity index (χ3v) is 1.55. The number of halogens is 1. The number of hydrogen-bond donors (Lipinski definition) is 1. The Morgan fingerprint density at radius 2 is 2.33 bits per heavy atom. The fourth-order valence-electron chi connectivity index (χ4n) is 0.813. The summed E-state index contributed by atoms with van der Waals surface area (Å²) in [5.74, 6) is 0. The highest BCUT2D eigenvalue weighted by Crippen LogP contribution is 1.96. The molecule has 1 aromatic rings. The predicted molar refractivity (Wildman–Crippen MR) is 45.7 cm³/mol. The van der Waals surface area contributed by atoms with E-state index in [0.717, 1.165) is 0 Å². The normalized spacial score (nSPS) is 9.08. The van der Waals surface area contributed by atoms with Crippen molar-refractivity contribution >= 4 is 24.4 Å². The van der Waals surface area contributed by atoms with Crippen LogP contribution in [0, 0.1) is 11.3 Å². The molecule has 5 heteroatoms. The van der Waals surface area contributed by atoms with Crippen LogP contribution in [0.25, 0.3) is 0 Å². The van der Waals surface area contributed by atoms with Crippen LogP contribution in [0.15, 0.2) is 24.3 Å². The van der Waals surface area contributed by atoms with Gasteiger partial charge in [0.2, 0.25) is 0 Å². The quantitative estimate of drug-likeness (QED) is 0.673. The van der Waals surface area contributed by atoms with Crippen LogP contribution in [-0.2, 0) is 4.21 Å². The molecule has 0 aromatic heterocycles. The second kappa shape index (κ2) is 4.12. The maximum Gasteiger partial charge on any atom is 0.508 e. The number of hydrogen-bond acceptors (Lipinski definition) is 3. The Labute approximate surface area is 75.5 Å². The van der Waals surface area contributed by atoms with Gasteiger partial charge in [-0.2, -0.15) is 5.26 Å². The van der Waals surface area contributed by atoms with Crippen LogP contribution in [-0.4, -0.2) is 12.1 Å². The summed E-state index contributed by atoms with van der Waals surface area (Å²) >= 11 is 4.95. The molecule has 0 aliphatic heterocycles. The van der Waals surface area contributed by atoms with Gasteiger partial charge in [0.05, 0.1) is 11.6 Å². The largest absolute Gasteiger partial charge is 0.508 e. The summed E-state index contributed by atoms with van der Waals surface area (Å²) in [5.41, 5.74) is 0.921. The maximum atomic E-state index is 9.09. The van der Waals surface area contributed by atoms with Crippen LogP contribution in [0.5, 0.6) is 0 Å². The average Bonchev–Trinajstić information content (AvgIpc) is 2.17. The fraction of sp³-hybridized carbons (Fsp3) is 0. The van der Waals surface area contributed by atoms with Gasteiger partial charge in [-0.1, -0.05) is 12.1 Å². The van der Waals surface area contributed by atoms with Gasteiger partial charge in [-0.25, -0.2) is 0 Å². The lowest BCUT2D eigenvalue weighted by Crippen LogP contribution is -2.30. The van der Waals surface area contributed by atoms with E-state index in [9.17, 15) is 0 Å². The molecule has 1 rings (SSSR count). The average molecular weight is 181 g/mol. The Balaban J connectivity index is 2.95. The van der Waals surface area contributed by atoms with E-state index in [4.69, 9.17) is 22.2 Å². The van der Waals surface area contributed by atoms with Gasteiger partial charge in [-0.15, -0.1) is 0 Å². The zero-order valence-electron chi connectivity index (χ0n) is 6.07. The lowest BCUT2D eigenvalue weighted by molar-refractivity contribution is 0.457. The molecule has 0 radical (unpaired) electrons. The van der Waals surface area contributed by atoms with Crippen molar-refractivity contribution in [2.75, 3.05) is 0 Å². The van der Waals surface area contributed by atoms with E-state index in [-0.39, 0.29) is 0 Å². The molecular formula is C7H5BClNO2. The Kier molecular flexibility index (Phi) is 3.12. The van der Waals surface area contributed by atoms with Gasteiger partial charge in [0.1, 0.15) is 0 Å². The Hall–Kier alpha value is -1.02. The van der Waals surface area contributed by atoms with Crippen molar-refractivity contribution in [2.24, 2.45) is 0 Å². The summed E-state index contributed by atoms with van der Waals surface area (Å²) in [5, 5.41) is 17.6. The lowest BCUT2D eigenvalue weighted by atomic mass is 9.80. The van der Waals surface area contributed by atoms with Crippen LogP contribution in [0.1, 0.15) is 5.56 Å². The van der Waals surface area contributed by atoms with E-state index in [2.05, 4.69) is 4.21 Å². The van der Waals surface area contributed by atoms with Crippen LogP contribution >= 0.6 is 11.9 Å². The summed E-state index contributed by atoms with van der Waals surface area (Å²) in [4.78, 5) is 0. The molecule has 12 heavy (non-hydrogen) atoms. The first-order valence-electron chi connectivity index (χ1n) is 3.23. The highest BCUT2D eigenvalue weighted by atomic mass is 35.5. The first-order chi connectivity index (χ1) is 5.77. The monoisotopic (exact) mass is 181 g/mol. The molecule has 0 atom stereocenters. The second-order valence-electron chi connectivity index (χ2n) is 2.18. The molecule has 60 valence electrons. The molecule has 0 saturated heterocycles. The molecule has 0 spiro atoms. The van der Waals surface area contributed by atoms with Crippen LogP contribution < -0.4 is 5.46 Å². The standard InChI is InChI=1S/C7H5BClNO2/c9-12-8(11)7-3-1-2-6(4-7)5-10/h1-4,11H. The third kappa shape index (κ3) is 1.99. The van der Waals surface area contributed by atoms with E-state index >= 15 is 0 Å². The molecular weight excluding hydrogens is 176 g/mol. The van der Waals surface area contributed by atoms with Crippen molar-refractivity contribution in [2.45, 2.75) is 0 Å². The number of nitrogens with zero attached hydrogens (tertiary/aromatic N) is 1. The number of rotatable bonds is 2. The van der Waals surface area contributed by atoms with Gasteiger partial charge in [0.25, 0.3) is 0 Å². The lowest BCUT2D eigenvalue weighted by Gasteiger charge is -2.00. The van der Waals surface area contributed by atoms with Gasteiger partial charge in [-0.3, -0.25) is 0 Å². The molecule has 0 aliphatic rings. The van der Waals surface area contributed by atoms with Crippen molar-refractivity contribution in [1.82, 2.24) is 0 Å². The molecule has 0 saturated carbocycles. The molecule has 0 bridgehead atoms. The smallest absolute Gasteiger partial charge is 0.422 e. The van der Waals surface area contributed by atoms with E-state index in [1.54, 1.807) is 18.2 Å². The fourth-order valence-corrected chi connectivity index (χ4v) is 0.916. The molecule has 0 fully saturated rings. The van der Waals surface area contributed by atoms with Gasteiger partial charge in [0.15, 0.2) is 0 Å². The van der Waals surface area contributed by atoms with Crippen molar-refractivity contribution in [3.8, 4) is 6.07 Å². The maximum absolute atomic E-state index is 9.09. The van der Waals surface area contributed by atoms with E-state index in [1.807, 2.05) is 6.07 Å². The zero-order valence-corrected chi connectivity index (χ0v) is 6.82. The summed E-state index contributed by atoms with van der Waals surface area (Å²) in [6.07, 6.45) is 0. The van der Waals surface area contributed by atoms with Gasteiger partial charge in [-0.05, 0) is 17.6 Å². The van der Waals surface area contributed by atoms with E-state index < -0.39 is 7.12 Å². The zero-order chi connectivity index (χ0) is 8.97. The van der Waals surface area contributed by atoms with Crippen molar-refractivity contribution in [1.29, 1.82) is 5.26 Å². The number of nitriles is 1. The minimum atomic E-state index is -1.18. The molecule has 0 amide bonds. The molecule has 3 nitrogen and oxygen atoms in total. The first kappa shape index (κ1) is 9.08. The third-order valence-electron chi connectivity index (χ3n) is 1.39. The second-order valence-corrected chi connectivity index (χ2v) is 2.36. The summed E-state index contributed by atoms with van der Waals surface area (Å²) in [7, 11) is -1.18. The van der Waals surface area contributed by atoms with Crippen LogP contribution in [0.2, 0.25) is 0 Å². The summed E-state index contributed by atoms with van der Waals surface area (Å²) in [6, 6.07) is 8.34. The Bertz CT molecular complexity index is 313. The highest BCUT2D eigenvalue weighted by molar-refractivity contribution is 6.63. The van der Waals surface area contributed by atoms with Crippen molar-refractivity contribution < 1.29 is 9.23 Å². The highest BCUT2D eigenvalue weighted by Gasteiger charge is 2.15. The molecule has 0 heterocycles. The van der Waals surface area contributed by atoms with Crippen molar-refractivity contribution in [3.63, 3.8) is 0 Å². The summed E-state index contributed by atoms with van der Waals surface area (Å²) < 4.78 is 4.15. The van der Waals surface area contributed by atoms with Crippen LogP contribution in [0.3, 0.4) is 0 Å². The minimum absolute atomic E-state index is 0.459. The predicted octanol–water partition coefficient (Wildman–Crippen LogP) is 0.416. The van der Waals surface area contributed by atoms with Gasteiger partial charge < -0.3 is 9.23 Å². The number of benzene rings is 1. The molecule has 1 N–H and O–H groups in total. The molecule has 1 aromatic carbocycles. The SMILES string of the molecule is N#Cc1cccc(B(O)OCl)c1. The van der Waals surface area contributed by atoms with Gasteiger partial charge >= 0.3 is 7.12 Å². The van der Waals surface area contributed by atoms with Crippen molar-refractivity contribution in [3.05, 3.63) is 29.8 Å². The summed E-state index contributed by atoms with van der Waals surface area (Å²) in [6.45, 7) is 0.